The molecule has 8 heteroatoms. The van der Waals surface area contributed by atoms with E-state index in [-0.39, 0.29) is 22.4 Å². The SMILES string of the molecule is Cc1cc(C)n2ncc(C(=O)NC3CC4CCC(C3)S4(=O)=O)c2n1. The molecule has 0 saturated carbocycles. The molecule has 2 aliphatic heterocycles. The van der Waals surface area contributed by atoms with Gasteiger partial charge < -0.3 is 5.32 Å². The highest BCUT2D eigenvalue weighted by atomic mass is 32.2. The Morgan fingerprint density at radius 1 is 1.25 bits per heavy atom. The van der Waals surface area contributed by atoms with Crippen LogP contribution in [0.5, 0.6) is 0 Å². The van der Waals surface area contributed by atoms with E-state index in [4.69, 9.17) is 0 Å². The van der Waals surface area contributed by atoms with E-state index in [1.54, 1.807) is 4.52 Å². The minimum Gasteiger partial charge on any atom is -0.349 e. The lowest BCUT2D eigenvalue weighted by Crippen LogP contribution is -2.45. The van der Waals surface area contributed by atoms with Crippen LogP contribution >= 0.6 is 0 Å². The van der Waals surface area contributed by atoms with Gasteiger partial charge in [0.15, 0.2) is 15.5 Å². The Hall–Kier alpha value is -1.96. The molecular formula is C16H20N4O3S. The average molecular weight is 348 g/mol. The number of rotatable bonds is 2. The molecule has 2 fully saturated rings. The van der Waals surface area contributed by atoms with Gasteiger partial charge in [-0.15, -0.1) is 0 Å². The largest absolute Gasteiger partial charge is 0.349 e. The molecule has 128 valence electrons. The van der Waals surface area contributed by atoms with E-state index in [0.29, 0.717) is 24.1 Å². The lowest BCUT2D eigenvalue weighted by molar-refractivity contribution is 0.0934. The maximum Gasteiger partial charge on any atom is 0.256 e. The molecule has 2 aliphatic rings. The number of hydrogen-bond donors (Lipinski definition) is 1. The molecule has 1 N–H and O–H groups in total. The summed E-state index contributed by atoms with van der Waals surface area (Å²) in [6.07, 6.45) is 3.98. The van der Waals surface area contributed by atoms with Crippen molar-refractivity contribution in [3.05, 3.63) is 29.2 Å². The van der Waals surface area contributed by atoms with Crippen LogP contribution in [0.25, 0.3) is 5.65 Å². The number of carbonyl (C=O) groups excluding carboxylic acids is 1. The van der Waals surface area contributed by atoms with Crippen LogP contribution < -0.4 is 5.32 Å². The number of amides is 1. The molecular weight excluding hydrogens is 328 g/mol. The van der Waals surface area contributed by atoms with Gasteiger partial charge in [-0.25, -0.2) is 17.9 Å². The highest BCUT2D eigenvalue weighted by Gasteiger charge is 2.47. The quantitative estimate of drug-likeness (QED) is 0.880. The van der Waals surface area contributed by atoms with Crippen LogP contribution in [-0.4, -0.2) is 45.5 Å². The third kappa shape index (κ3) is 2.31. The Balaban J connectivity index is 1.58. The average Bonchev–Trinajstić information content (AvgIpc) is 2.93. The summed E-state index contributed by atoms with van der Waals surface area (Å²) in [6.45, 7) is 3.80. The molecule has 4 rings (SSSR count). The second kappa shape index (κ2) is 5.27. The molecule has 0 spiro atoms. The van der Waals surface area contributed by atoms with E-state index in [1.807, 2.05) is 19.9 Å². The number of aryl methyl sites for hydroxylation is 2. The van der Waals surface area contributed by atoms with Gasteiger partial charge in [0.25, 0.3) is 5.91 Å². The first kappa shape index (κ1) is 15.6. The zero-order valence-electron chi connectivity index (χ0n) is 13.7. The zero-order valence-corrected chi connectivity index (χ0v) is 14.5. The summed E-state index contributed by atoms with van der Waals surface area (Å²) >= 11 is 0. The van der Waals surface area contributed by atoms with Crippen molar-refractivity contribution in [1.82, 2.24) is 19.9 Å². The standard InChI is InChI=1S/C16H20N4O3S/c1-9-5-10(2)20-15(18-9)14(8-17-20)16(21)19-11-6-12-3-4-13(7-11)24(12,22)23/h5,8,11-13H,3-4,6-7H2,1-2H3,(H,19,21). The number of sulfone groups is 1. The molecule has 2 atom stereocenters. The predicted octanol–water partition coefficient (Wildman–Crippen LogP) is 1.18. The summed E-state index contributed by atoms with van der Waals surface area (Å²) in [5.74, 6) is -0.230. The van der Waals surface area contributed by atoms with Crippen molar-refractivity contribution in [3.8, 4) is 0 Å². The summed E-state index contributed by atoms with van der Waals surface area (Å²) in [5.41, 5.74) is 2.72. The number of hydrogen-bond acceptors (Lipinski definition) is 5. The summed E-state index contributed by atoms with van der Waals surface area (Å²) in [7, 11) is -2.98. The van der Waals surface area contributed by atoms with E-state index in [0.717, 1.165) is 24.2 Å². The minimum atomic E-state index is -2.98. The first-order valence-corrected chi connectivity index (χ1v) is 9.83. The van der Waals surface area contributed by atoms with Crippen LogP contribution in [0.2, 0.25) is 0 Å². The molecule has 2 bridgehead atoms. The number of fused-ring (bicyclic) bond motifs is 3. The normalized spacial score (nSPS) is 28.2. The summed E-state index contributed by atoms with van der Waals surface area (Å²) in [4.78, 5) is 17.1. The minimum absolute atomic E-state index is 0.0978. The second-order valence-electron chi connectivity index (χ2n) is 6.88. The number of carbonyl (C=O) groups is 1. The van der Waals surface area contributed by atoms with E-state index in [9.17, 15) is 13.2 Å². The second-order valence-corrected chi connectivity index (χ2v) is 9.40. The maximum atomic E-state index is 12.7. The molecule has 2 saturated heterocycles. The van der Waals surface area contributed by atoms with Gasteiger partial charge in [0, 0.05) is 17.4 Å². The van der Waals surface area contributed by atoms with E-state index in [1.165, 1.54) is 6.20 Å². The van der Waals surface area contributed by atoms with Gasteiger partial charge in [-0.2, -0.15) is 5.10 Å². The van der Waals surface area contributed by atoms with Gasteiger partial charge in [-0.3, -0.25) is 4.79 Å². The highest BCUT2D eigenvalue weighted by Crippen LogP contribution is 2.38. The zero-order chi connectivity index (χ0) is 17.1. The first-order valence-electron chi connectivity index (χ1n) is 8.22. The fraction of sp³-hybridized carbons (Fsp3) is 0.562. The van der Waals surface area contributed by atoms with Gasteiger partial charge in [0.05, 0.1) is 16.7 Å². The van der Waals surface area contributed by atoms with Crippen molar-refractivity contribution in [2.75, 3.05) is 0 Å². The Labute approximate surface area is 140 Å². The van der Waals surface area contributed by atoms with Gasteiger partial charge in [-0.05, 0) is 45.6 Å². The van der Waals surface area contributed by atoms with Crippen molar-refractivity contribution in [2.24, 2.45) is 0 Å². The molecule has 0 radical (unpaired) electrons. The Morgan fingerprint density at radius 3 is 2.58 bits per heavy atom. The van der Waals surface area contributed by atoms with Gasteiger partial charge in [0.2, 0.25) is 0 Å². The Bertz CT molecular complexity index is 914. The molecule has 4 heterocycles. The van der Waals surface area contributed by atoms with Crippen molar-refractivity contribution in [2.45, 2.75) is 56.1 Å². The Morgan fingerprint density at radius 2 is 1.92 bits per heavy atom. The molecule has 0 aromatic carbocycles. The molecule has 24 heavy (non-hydrogen) atoms. The third-order valence-corrected chi connectivity index (χ3v) is 7.91. The van der Waals surface area contributed by atoms with Crippen LogP contribution in [0.3, 0.4) is 0 Å². The molecule has 0 aliphatic carbocycles. The van der Waals surface area contributed by atoms with E-state index < -0.39 is 9.84 Å². The molecule has 2 unspecified atom stereocenters. The third-order valence-electron chi connectivity index (χ3n) is 5.19. The van der Waals surface area contributed by atoms with E-state index in [2.05, 4.69) is 15.4 Å². The van der Waals surface area contributed by atoms with Crippen molar-refractivity contribution in [1.29, 1.82) is 0 Å². The highest BCUT2D eigenvalue weighted by molar-refractivity contribution is 7.93. The maximum absolute atomic E-state index is 12.7. The Kier molecular flexibility index (Phi) is 3.42. The van der Waals surface area contributed by atoms with Gasteiger partial charge in [-0.1, -0.05) is 0 Å². The van der Waals surface area contributed by atoms with Crippen LogP contribution in [0.1, 0.15) is 47.4 Å². The topological polar surface area (TPSA) is 93.4 Å². The summed E-state index contributed by atoms with van der Waals surface area (Å²) in [5, 5.41) is 6.63. The number of nitrogens with zero attached hydrogens (tertiary/aromatic N) is 3. The molecule has 7 nitrogen and oxygen atoms in total. The molecule has 2 aromatic rings. The lowest BCUT2D eigenvalue weighted by atomic mass is 10.1. The fourth-order valence-electron chi connectivity index (χ4n) is 4.02. The van der Waals surface area contributed by atoms with E-state index >= 15 is 0 Å². The summed E-state index contributed by atoms with van der Waals surface area (Å²) < 4.78 is 25.9. The van der Waals surface area contributed by atoms with Crippen LogP contribution in [-0.2, 0) is 9.84 Å². The number of nitrogens with one attached hydrogen (secondary N) is 1. The van der Waals surface area contributed by atoms with Gasteiger partial charge in [0.1, 0.15) is 5.56 Å². The smallest absolute Gasteiger partial charge is 0.256 e. The van der Waals surface area contributed by atoms with Crippen molar-refractivity contribution < 1.29 is 13.2 Å². The van der Waals surface area contributed by atoms with Crippen LogP contribution in [0.4, 0.5) is 0 Å². The van der Waals surface area contributed by atoms with Crippen molar-refractivity contribution in [3.63, 3.8) is 0 Å². The van der Waals surface area contributed by atoms with Crippen LogP contribution in [0, 0.1) is 13.8 Å². The van der Waals surface area contributed by atoms with Gasteiger partial charge >= 0.3 is 0 Å². The lowest BCUT2D eigenvalue weighted by Gasteiger charge is -2.28. The van der Waals surface area contributed by atoms with Crippen LogP contribution in [0.15, 0.2) is 12.3 Å². The predicted molar refractivity (Wildman–Crippen MR) is 88.7 cm³/mol. The molecule has 2 aromatic heterocycles. The molecule has 1 amide bonds. The fourth-order valence-corrected chi connectivity index (χ4v) is 6.49. The van der Waals surface area contributed by atoms with Crippen molar-refractivity contribution >= 4 is 21.4 Å². The monoisotopic (exact) mass is 348 g/mol. The summed E-state index contributed by atoms with van der Waals surface area (Å²) in [6, 6.07) is 1.81. The first-order chi connectivity index (χ1) is 11.4. The number of aromatic nitrogens is 3.